The lowest BCUT2D eigenvalue weighted by Crippen LogP contribution is -2.30. The minimum Gasteiger partial charge on any atom is -0.462 e. The first kappa shape index (κ1) is 76.3. The largest absolute Gasteiger partial charge is 0.462 e. The van der Waals surface area contributed by atoms with E-state index in [1.54, 1.807) is 0 Å². The standard InChI is InChI=1S/C75H122O6/c1-4-7-10-13-16-19-22-25-28-31-33-35-36-37-38-40-41-44-47-50-53-56-59-62-65-68-74(77)80-71-72(70-79-73(76)67-64-61-58-55-52-49-46-43-30-27-24-21-18-15-12-9-6-3)81-75(78)69-66-63-60-57-54-51-48-45-42-39-34-32-29-26-23-20-17-14-11-8-5-2/h7-12,16-21,25-30,33-35,39,45,48,72H,4-6,13-15,22-24,31-32,36-38,40-44,46-47,49-71H2,1-3H3/b10-7-,11-8-,12-9-,19-16-,20-17-,21-18-,28-25-,29-26-,30-27-,35-33-,39-34-,48-45-. The van der Waals surface area contributed by atoms with E-state index in [4.69, 9.17) is 14.2 Å². The van der Waals surface area contributed by atoms with Gasteiger partial charge >= 0.3 is 17.9 Å². The highest BCUT2D eigenvalue weighted by molar-refractivity contribution is 5.71. The molecule has 458 valence electrons. The lowest BCUT2D eigenvalue weighted by molar-refractivity contribution is -0.167. The van der Waals surface area contributed by atoms with Crippen molar-refractivity contribution < 1.29 is 28.6 Å². The van der Waals surface area contributed by atoms with Crippen LogP contribution < -0.4 is 0 Å². The summed E-state index contributed by atoms with van der Waals surface area (Å²) in [4.78, 5) is 38.4. The third-order valence-electron chi connectivity index (χ3n) is 13.8. The van der Waals surface area contributed by atoms with Gasteiger partial charge in [-0.2, -0.15) is 0 Å². The van der Waals surface area contributed by atoms with Crippen molar-refractivity contribution in [1.82, 2.24) is 0 Å². The number of hydrogen-bond donors (Lipinski definition) is 0. The number of ether oxygens (including phenoxy) is 3. The van der Waals surface area contributed by atoms with E-state index in [1.807, 2.05) is 0 Å². The molecule has 0 saturated heterocycles. The maximum atomic E-state index is 12.9. The van der Waals surface area contributed by atoms with Crippen LogP contribution >= 0.6 is 0 Å². The van der Waals surface area contributed by atoms with Gasteiger partial charge in [0.05, 0.1) is 0 Å². The molecule has 0 heterocycles. The molecule has 0 aromatic rings. The van der Waals surface area contributed by atoms with Crippen LogP contribution in [0.4, 0.5) is 0 Å². The van der Waals surface area contributed by atoms with Gasteiger partial charge in [0.1, 0.15) is 13.2 Å². The lowest BCUT2D eigenvalue weighted by atomic mass is 10.0. The average Bonchev–Trinajstić information content (AvgIpc) is 3.47. The molecule has 0 rings (SSSR count). The molecule has 1 unspecified atom stereocenters. The van der Waals surface area contributed by atoms with E-state index in [0.717, 1.165) is 161 Å². The highest BCUT2D eigenvalue weighted by Gasteiger charge is 2.19. The van der Waals surface area contributed by atoms with E-state index in [2.05, 4.69) is 167 Å². The van der Waals surface area contributed by atoms with Crippen molar-refractivity contribution in [3.8, 4) is 0 Å². The van der Waals surface area contributed by atoms with Gasteiger partial charge in [0, 0.05) is 19.3 Å². The van der Waals surface area contributed by atoms with Gasteiger partial charge in [0.15, 0.2) is 6.10 Å². The zero-order valence-corrected chi connectivity index (χ0v) is 52.5. The third kappa shape index (κ3) is 66.0. The maximum absolute atomic E-state index is 12.9. The van der Waals surface area contributed by atoms with Crippen LogP contribution in [0.3, 0.4) is 0 Å². The summed E-state index contributed by atoms with van der Waals surface area (Å²) in [6.45, 7) is 6.29. The first-order chi connectivity index (χ1) is 40.0. The van der Waals surface area contributed by atoms with Crippen LogP contribution in [0.25, 0.3) is 0 Å². The van der Waals surface area contributed by atoms with E-state index in [9.17, 15) is 14.4 Å². The molecule has 0 aromatic heterocycles. The van der Waals surface area contributed by atoms with Gasteiger partial charge in [-0.15, -0.1) is 0 Å². The highest BCUT2D eigenvalue weighted by atomic mass is 16.6. The number of esters is 3. The summed E-state index contributed by atoms with van der Waals surface area (Å²) in [5, 5.41) is 0. The molecule has 0 radical (unpaired) electrons. The van der Waals surface area contributed by atoms with Gasteiger partial charge in [-0.05, 0) is 135 Å². The van der Waals surface area contributed by atoms with Gasteiger partial charge in [-0.25, -0.2) is 0 Å². The van der Waals surface area contributed by atoms with Gasteiger partial charge in [0.25, 0.3) is 0 Å². The van der Waals surface area contributed by atoms with Crippen molar-refractivity contribution in [2.75, 3.05) is 13.2 Å². The summed E-state index contributed by atoms with van der Waals surface area (Å²) >= 11 is 0. The Morgan fingerprint density at radius 2 is 0.444 bits per heavy atom. The van der Waals surface area contributed by atoms with Crippen LogP contribution in [0.1, 0.15) is 290 Å². The summed E-state index contributed by atoms with van der Waals surface area (Å²) in [7, 11) is 0. The Kier molecular flexibility index (Phi) is 63.9. The summed E-state index contributed by atoms with van der Waals surface area (Å²) in [6, 6.07) is 0. The Labute approximate surface area is 499 Å². The van der Waals surface area contributed by atoms with Crippen LogP contribution in [0.15, 0.2) is 146 Å². The third-order valence-corrected chi connectivity index (χ3v) is 13.8. The first-order valence-electron chi connectivity index (χ1n) is 33.3. The summed E-state index contributed by atoms with van der Waals surface area (Å²) in [6.07, 6.45) is 97.1. The quantitative estimate of drug-likeness (QED) is 0.0261. The topological polar surface area (TPSA) is 78.9 Å². The molecule has 0 bridgehead atoms. The molecule has 0 aromatic carbocycles. The molecule has 6 heteroatoms. The summed E-state index contributed by atoms with van der Waals surface area (Å²) < 4.78 is 16.9. The fourth-order valence-electron chi connectivity index (χ4n) is 8.95. The van der Waals surface area contributed by atoms with E-state index in [0.29, 0.717) is 19.3 Å². The number of rotatable bonds is 59. The normalized spacial score (nSPS) is 13.1. The van der Waals surface area contributed by atoms with E-state index in [-0.39, 0.29) is 31.1 Å². The van der Waals surface area contributed by atoms with Crippen LogP contribution in [0, 0.1) is 0 Å². The first-order valence-corrected chi connectivity index (χ1v) is 33.3. The Morgan fingerprint density at radius 3 is 0.691 bits per heavy atom. The van der Waals surface area contributed by atoms with E-state index >= 15 is 0 Å². The van der Waals surface area contributed by atoms with Gasteiger partial charge in [-0.3, -0.25) is 14.4 Å². The average molecular weight is 1120 g/mol. The Hall–Kier alpha value is -4.71. The Balaban J connectivity index is 4.43. The zero-order chi connectivity index (χ0) is 58.5. The Bertz CT molecular complexity index is 1760. The molecule has 0 amide bonds. The van der Waals surface area contributed by atoms with Crippen molar-refractivity contribution in [1.29, 1.82) is 0 Å². The SMILES string of the molecule is CC/C=C\C/C=C\C/C=C\C/C=C\C/C=C\CCCCCCCC(=O)OC(COC(=O)CCCCCCCCC/C=C\C/C=C\C/C=C\CC)COC(=O)CCCCCCCCCCCCCC/C=C\C/C=C\C/C=C\C/C=C\CC. The molecule has 6 nitrogen and oxygen atoms in total. The maximum Gasteiger partial charge on any atom is 0.306 e. The summed E-state index contributed by atoms with van der Waals surface area (Å²) in [5.74, 6) is -0.922. The van der Waals surface area contributed by atoms with Crippen LogP contribution in [-0.2, 0) is 28.6 Å². The number of carbonyl (C=O) groups is 3. The predicted octanol–water partition coefficient (Wildman–Crippen LogP) is 23.1. The fraction of sp³-hybridized carbons (Fsp3) is 0.640. The van der Waals surface area contributed by atoms with Crippen molar-refractivity contribution >= 4 is 17.9 Å². The molecular weight excluding hydrogens is 997 g/mol. The van der Waals surface area contributed by atoms with Crippen LogP contribution in [0.5, 0.6) is 0 Å². The van der Waals surface area contributed by atoms with Gasteiger partial charge in [0.2, 0.25) is 0 Å². The Morgan fingerprint density at radius 1 is 0.247 bits per heavy atom. The monoisotopic (exact) mass is 1120 g/mol. The predicted molar refractivity (Wildman–Crippen MR) is 352 cm³/mol. The smallest absolute Gasteiger partial charge is 0.306 e. The molecule has 0 fully saturated rings. The molecule has 0 N–H and O–H groups in total. The van der Waals surface area contributed by atoms with Crippen molar-refractivity contribution in [3.05, 3.63) is 146 Å². The molecular formula is C75H122O6. The molecule has 1 atom stereocenters. The molecule has 0 aliphatic rings. The molecule has 81 heavy (non-hydrogen) atoms. The van der Waals surface area contributed by atoms with Crippen LogP contribution in [-0.4, -0.2) is 37.2 Å². The number of carbonyl (C=O) groups excluding carboxylic acids is 3. The summed E-state index contributed by atoms with van der Waals surface area (Å²) in [5.41, 5.74) is 0. The van der Waals surface area contributed by atoms with Crippen LogP contribution in [0.2, 0.25) is 0 Å². The number of hydrogen-bond acceptors (Lipinski definition) is 6. The highest BCUT2D eigenvalue weighted by Crippen LogP contribution is 2.16. The second-order valence-electron chi connectivity index (χ2n) is 21.6. The second kappa shape index (κ2) is 67.8. The van der Waals surface area contributed by atoms with Gasteiger partial charge in [-0.1, -0.05) is 282 Å². The number of allylic oxidation sites excluding steroid dienone is 24. The fourth-order valence-corrected chi connectivity index (χ4v) is 8.95. The lowest BCUT2D eigenvalue weighted by Gasteiger charge is -2.18. The van der Waals surface area contributed by atoms with Crippen molar-refractivity contribution in [3.63, 3.8) is 0 Å². The molecule has 0 spiro atoms. The second-order valence-corrected chi connectivity index (χ2v) is 21.6. The molecule has 0 aliphatic heterocycles. The minimum absolute atomic E-state index is 0.0945. The zero-order valence-electron chi connectivity index (χ0n) is 52.5. The van der Waals surface area contributed by atoms with Crippen molar-refractivity contribution in [2.45, 2.75) is 297 Å². The minimum atomic E-state index is -0.802. The molecule has 0 saturated carbocycles. The van der Waals surface area contributed by atoms with Crippen molar-refractivity contribution in [2.24, 2.45) is 0 Å². The van der Waals surface area contributed by atoms with E-state index in [1.165, 1.54) is 89.9 Å². The van der Waals surface area contributed by atoms with Gasteiger partial charge < -0.3 is 14.2 Å². The molecule has 0 aliphatic carbocycles. The number of unbranched alkanes of at least 4 members (excludes halogenated alkanes) is 24. The van der Waals surface area contributed by atoms with E-state index < -0.39 is 6.10 Å².